The summed E-state index contributed by atoms with van der Waals surface area (Å²) in [6.07, 6.45) is 0.307. The van der Waals surface area contributed by atoms with E-state index in [2.05, 4.69) is 0 Å². The molecule has 0 aromatic carbocycles. The Morgan fingerprint density at radius 2 is 2.00 bits per heavy atom. The number of hydrogen-bond acceptors (Lipinski definition) is 3. The molecule has 1 atom stereocenters. The fraction of sp³-hybridized carbons (Fsp3) is 0.667. The summed E-state index contributed by atoms with van der Waals surface area (Å²) in [5, 5.41) is 0. The summed E-state index contributed by atoms with van der Waals surface area (Å²) in [6, 6.07) is -0.706. The molecular weight excluding hydrogens is 132 g/mol. The highest BCUT2D eigenvalue weighted by Gasteiger charge is 2.12. The highest BCUT2D eigenvalue weighted by Crippen LogP contribution is 1.91. The van der Waals surface area contributed by atoms with Crippen LogP contribution in [0.1, 0.15) is 19.8 Å². The van der Waals surface area contributed by atoms with E-state index in [0.29, 0.717) is 6.42 Å². The zero-order valence-electron chi connectivity index (χ0n) is 5.96. The number of carbonyl (C=O) groups is 2. The van der Waals surface area contributed by atoms with Crippen molar-refractivity contribution >= 4 is 11.7 Å². The predicted molar refractivity (Wildman–Crippen MR) is 37.1 cm³/mol. The molecule has 1 amide bonds. The lowest BCUT2D eigenvalue weighted by atomic mass is 10.1. The second-order valence-electron chi connectivity index (χ2n) is 2.10. The van der Waals surface area contributed by atoms with Gasteiger partial charge in [0, 0.05) is 12.8 Å². The van der Waals surface area contributed by atoms with Crippen LogP contribution in [0.25, 0.3) is 0 Å². The molecule has 4 N–H and O–H groups in total. The monoisotopic (exact) mass is 144 g/mol. The fourth-order valence-corrected chi connectivity index (χ4v) is 0.593. The Morgan fingerprint density at radius 1 is 1.50 bits per heavy atom. The van der Waals surface area contributed by atoms with E-state index in [0.717, 1.165) is 0 Å². The summed E-state index contributed by atoms with van der Waals surface area (Å²) < 4.78 is 0. The van der Waals surface area contributed by atoms with Crippen LogP contribution in [-0.4, -0.2) is 17.7 Å². The van der Waals surface area contributed by atoms with E-state index in [1.807, 2.05) is 0 Å². The van der Waals surface area contributed by atoms with Crippen molar-refractivity contribution < 1.29 is 9.59 Å². The maximum atomic E-state index is 10.7. The van der Waals surface area contributed by atoms with E-state index in [1.165, 1.54) is 0 Å². The topological polar surface area (TPSA) is 86.2 Å². The summed E-state index contributed by atoms with van der Waals surface area (Å²) in [7, 11) is 0. The first-order valence-corrected chi connectivity index (χ1v) is 3.14. The number of Topliss-reactive ketones (excluding diaryl/α,β-unsaturated/α-hetero) is 1. The smallest absolute Gasteiger partial charge is 0.219 e. The summed E-state index contributed by atoms with van der Waals surface area (Å²) in [6.45, 7) is 1.70. The van der Waals surface area contributed by atoms with Crippen molar-refractivity contribution in [1.82, 2.24) is 0 Å². The lowest BCUT2D eigenvalue weighted by Crippen LogP contribution is -2.34. The van der Waals surface area contributed by atoms with E-state index in [-0.39, 0.29) is 12.2 Å². The molecule has 58 valence electrons. The third-order valence-corrected chi connectivity index (χ3v) is 1.18. The van der Waals surface area contributed by atoms with E-state index >= 15 is 0 Å². The Morgan fingerprint density at radius 3 is 2.30 bits per heavy atom. The Bertz CT molecular complexity index is 145. The minimum atomic E-state index is -0.706. The number of hydrogen-bond donors (Lipinski definition) is 2. The molecule has 0 heterocycles. The van der Waals surface area contributed by atoms with Gasteiger partial charge in [-0.25, -0.2) is 0 Å². The Labute approximate surface area is 59.6 Å². The lowest BCUT2D eigenvalue weighted by Gasteiger charge is -2.04. The maximum Gasteiger partial charge on any atom is 0.219 e. The summed E-state index contributed by atoms with van der Waals surface area (Å²) in [5.41, 5.74) is 10.1. The zero-order valence-corrected chi connectivity index (χ0v) is 5.96. The van der Waals surface area contributed by atoms with Gasteiger partial charge in [-0.2, -0.15) is 0 Å². The molecule has 0 radical (unpaired) electrons. The normalized spacial score (nSPS) is 12.6. The van der Waals surface area contributed by atoms with Crippen molar-refractivity contribution in [3.05, 3.63) is 0 Å². The van der Waals surface area contributed by atoms with Gasteiger partial charge in [0.1, 0.15) is 5.78 Å². The second kappa shape index (κ2) is 4.00. The van der Waals surface area contributed by atoms with Crippen LogP contribution in [0.3, 0.4) is 0 Å². The third-order valence-electron chi connectivity index (χ3n) is 1.18. The van der Waals surface area contributed by atoms with Crippen LogP contribution in [0.15, 0.2) is 0 Å². The minimum absolute atomic E-state index is 0.0489. The molecule has 10 heavy (non-hydrogen) atoms. The van der Waals surface area contributed by atoms with E-state index in [9.17, 15) is 9.59 Å². The quantitative estimate of drug-likeness (QED) is 0.539. The molecule has 0 aliphatic heterocycles. The molecule has 0 rings (SSSR count). The zero-order chi connectivity index (χ0) is 8.15. The minimum Gasteiger partial charge on any atom is -0.370 e. The second-order valence-corrected chi connectivity index (χ2v) is 2.10. The largest absolute Gasteiger partial charge is 0.370 e. The molecule has 0 unspecified atom stereocenters. The SMILES string of the molecule is CCC(=O)[C@H](N)CC(N)=O. The molecule has 0 saturated carbocycles. The van der Waals surface area contributed by atoms with Crippen LogP contribution >= 0.6 is 0 Å². The summed E-state index contributed by atoms with van der Waals surface area (Å²) in [4.78, 5) is 20.9. The average Bonchev–Trinajstić information content (AvgIpc) is 1.85. The number of carbonyl (C=O) groups excluding carboxylic acids is 2. The van der Waals surface area contributed by atoms with Crippen LogP contribution in [-0.2, 0) is 9.59 Å². The first kappa shape index (κ1) is 9.10. The first-order chi connectivity index (χ1) is 4.57. The Hall–Kier alpha value is -0.900. The molecule has 4 nitrogen and oxygen atoms in total. The van der Waals surface area contributed by atoms with Gasteiger partial charge in [-0.1, -0.05) is 6.92 Å². The number of ketones is 1. The van der Waals surface area contributed by atoms with Crippen molar-refractivity contribution in [1.29, 1.82) is 0 Å². The predicted octanol–water partition coefficient (Wildman–Crippen LogP) is -0.832. The van der Waals surface area contributed by atoms with Crippen molar-refractivity contribution in [2.45, 2.75) is 25.8 Å². The lowest BCUT2D eigenvalue weighted by molar-refractivity contribution is -0.124. The van der Waals surface area contributed by atoms with Gasteiger partial charge in [0.05, 0.1) is 6.04 Å². The van der Waals surface area contributed by atoms with Gasteiger partial charge in [0.25, 0.3) is 0 Å². The van der Waals surface area contributed by atoms with Crippen LogP contribution < -0.4 is 11.5 Å². The van der Waals surface area contributed by atoms with E-state index in [1.54, 1.807) is 6.92 Å². The van der Waals surface area contributed by atoms with Gasteiger partial charge in [-0.05, 0) is 0 Å². The number of rotatable bonds is 4. The average molecular weight is 144 g/mol. The molecule has 4 heteroatoms. The summed E-state index contributed by atoms with van der Waals surface area (Å²) >= 11 is 0. The van der Waals surface area contributed by atoms with Crippen LogP contribution in [0.2, 0.25) is 0 Å². The molecule has 0 saturated heterocycles. The Kier molecular flexibility index (Phi) is 3.64. The molecule has 0 fully saturated rings. The number of amides is 1. The highest BCUT2D eigenvalue weighted by atomic mass is 16.1. The van der Waals surface area contributed by atoms with Crippen LogP contribution in [0, 0.1) is 0 Å². The molecule has 0 spiro atoms. The molecule has 0 aliphatic carbocycles. The van der Waals surface area contributed by atoms with Crippen molar-refractivity contribution in [3.63, 3.8) is 0 Å². The van der Waals surface area contributed by atoms with Gasteiger partial charge in [0.15, 0.2) is 0 Å². The maximum absolute atomic E-state index is 10.7. The van der Waals surface area contributed by atoms with E-state index < -0.39 is 11.9 Å². The van der Waals surface area contributed by atoms with E-state index in [4.69, 9.17) is 11.5 Å². The van der Waals surface area contributed by atoms with Crippen molar-refractivity contribution in [2.75, 3.05) is 0 Å². The van der Waals surface area contributed by atoms with Gasteiger partial charge < -0.3 is 11.5 Å². The molecule has 0 aromatic heterocycles. The third kappa shape index (κ3) is 3.19. The Balaban J connectivity index is 3.72. The van der Waals surface area contributed by atoms with Crippen molar-refractivity contribution in [2.24, 2.45) is 11.5 Å². The highest BCUT2D eigenvalue weighted by molar-refractivity contribution is 5.88. The number of nitrogens with two attached hydrogens (primary N) is 2. The molecule has 0 bridgehead atoms. The summed E-state index contributed by atoms with van der Waals surface area (Å²) in [5.74, 6) is -0.659. The van der Waals surface area contributed by atoms with Crippen LogP contribution in [0.4, 0.5) is 0 Å². The van der Waals surface area contributed by atoms with Gasteiger partial charge in [0.2, 0.25) is 5.91 Å². The van der Waals surface area contributed by atoms with Crippen molar-refractivity contribution in [3.8, 4) is 0 Å². The van der Waals surface area contributed by atoms with Gasteiger partial charge in [-0.3, -0.25) is 9.59 Å². The first-order valence-electron chi connectivity index (χ1n) is 3.14. The standard InChI is InChI=1S/C6H12N2O2/c1-2-5(9)4(7)3-6(8)10/h4H,2-3,7H2,1H3,(H2,8,10)/t4-/m1/s1. The van der Waals surface area contributed by atoms with Gasteiger partial charge in [-0.15, -0.1) is 0 Å². The van der Waals surface area contributed by atoms with Crippen LogP contribution in [0.5, 0.6) is 0 Å². The van der Waals surface area contributed by atoms with Gasteiger partial charge >= 0.3 is 0 Å². The fourth-order valence-electron chi connectivity index (χ4n) is 0.593. The molecule has 0 aromatic rings. The molecular formula is C6H12N2O2. The number of primary amides is 1. The molecule has 0 aliphatic rings.